The zero-order chi connectivity index (χ0) is 8.97. The van der Waals surface area contributed by atoms with Crippen molar-refractivity contribution in [3.8, 4) is 0 Å². The van der Waals surface area contributed by atoms with Gasteiger partial charge in [-0.3, -0.25) is 0 Å². The van der Waals surface area contributed by atoms with Crippen molar-refractivity contribution in [1.82, 2.24) is 0 Å². The van der Waals surface area contributed by atoms with E-state index in [2.05, 4.69) is 0 Å². The maximum atomic E-state index is 10.4. The van der Waals surface area contributed by atoms with E-state index in [1.807, 2.05) is 0 Å². The van der Waals surface area contributed by atoms with Gasteiger partial charge in [-0.1, -0.05) is 24.3 Å². The first-order valence-corrected chi connectivity index (χ1v) is 4.76. The third-order valence-electron chi connectivity index (χ3n) is 1.50. The van der Waals surface area contributed by atoms with Gasteiger partial charge in [0, 0.05) is 0 Å². The van der Waals surface area contributed by atoms with Gasteiger partial charge in [-0.25, -0.2) is 4.21 Å². The maximum Gasteiger partial charge on any atom is 0.157 e. The smallest absolute Gasteiger partial charge is 0.157 e. The average molecular weight is 186 g/mol. The van der Waals surface area contributed by atoms with Gasteiger partial charge in [-0.15, -0.1) is 0 Å². The maximum absolute atomic E-state index is 10.4. The average Bonchev–Trinajstić information content (AvgIpc) is 2.05. The molecule has 0 aliphatic rings. The molecule has 12 heavy (non-hydrogen) atoms. The molecule has 66 valence electrons. The molecule has 2 N–H and O–H groups in total. The zero-order valence-corrected chi connectivity index (χ0v) is 7.25. The van der Waals surface area contributed by atoms with Crippen LogP contribution in [0.4, 0.5) is 0 Å². The Kier molecular flexibility index (Phi) is 3.40. The molecular formula is C8H10O3S. The van der Waals surface area contributed by atoms with E-state index in [4.69, 9.17) is 9.66 Å². The fraction of sp³-hybridized carbons (Fsp3) is 0.250. The summed E-state index contributed by atoms with van der Waals surface area (Å²) in [6, 6.07) is 6.95. The molecule has 0 saturated heterocycles. The Morgan fingerprint density at radius 3 is 2.08 bits per heavy atom. The number of hydrogen-bond donors (Lipinski definition) is 2. The Balaban J connectivity index is 2.71. The van der Waals surface area contributed by atoms with Crippen molar-refractivity contribution in [2.45, 2.75) is 12.4 Å². The lowest BCUT2D eigenvalue weighted by atomic mass is 10.2. The van der Waals surface area contributed by atoms with Crippen LogP contribution in [0.3, 0.4) is 0 Å². The second-order valence-corrected chi connectivity index (χ2v) is 3.37. The summed E-state index contributed by atoms with van der Waals surface area (Å²) in [6.45, 7) is 0.00247. The molecule has 3 nitrogen and oxygen atoms in total. The van der Waals surface area contributed by atoms with E-state index in [0.29, 0.717) is 0 Å². The SMILES string of the molecule is O=S(O)Cc1ccc(CO)cc1. The Hall–Kier alpha value is -0.710. The van der Waals surface area contributed by atoms with Crippen LogP contribution in [0.2, 0.25) is 0 Å². The quantitative estimate of drug-likeness (QED) is 0.689. The molecule has 1 unspecified atom stereocenters. The Labute approximate surface area is 73.3 Å². The van der Waals surface area contributed by atoms with Crippen LogP contribution in [0, 0.1) is 0 Å². The molecule has 0 heterocycles. The lowest BCUT2D eigenvalue weighted by molar-refractivity contribution is 0.282. The van der Waals surface area contributed by atoms with Gasteiger partial charge >= 0.3 is 0 Å². The summed E-state index contributed by atoms with van der Waals surface area (Å²) in [5, 5.41) is 8.70. The first-order valence-electron chi connectivity index (χ1n) is 3.48. The van der Waals surface area contributed by atoms with E-state index < -0.39 is 11.1 Å². The Morgan fingerprint density at radius 2 is 1.67 bits per heavy atom. The van der Waals surface area contributed by atoms with Crippen molar-refractivity contribution in [2.75, 3.05) is 0 Å². The van der Waals surface area contributed by atoms with Crippen LogP contribution in [-0.2, 0) is 23.4 Å². The summed E-state index contributed by atoms with van der Waals surface area (Å²) in [7, 11) is 0. The predicted octanol–water partition coefficient (Wildman–Crippen LogP) is 0.901. The van der Waals surface area contributed by atoms with E-state index in [1.54, 1.807) is 24.3 Å². The van der Waals surface area contributed by atoms with E-state index in [-0.39, 0.29) is 12.4 Å². The molecule has 1 rings (SSSR count). The van der Waals surface area contributed by atoms with E-state index >= 15 is 0 Å². The fourth-order valence-corrected chi connectivity index (χ4v) is 1.36. The highest BCUT2D eigenvalue weighted by molar-refractivity contribution is 7.78. The Bertz CT molecular complexity index is 268. The fourth-order valence-electron chi connectivity index (χ4n) is 0.883. The van der Waals surface area contributed by atoms with Crippen LogP contribution in [-0.4, -0.2) is 13.9 Å². The van der Waals surface area contributed by atoms with Gasteiger partial charge < -0.3 is 9.66 Å². The van der Waals surface area contributed by atoms with Gasteiger partial charge in [0.05, 0.1) is 12.4 Å². The number of benzene rings is 1. The number of aliphatic hydroxyl groups is 1. The minimum Gasteiger partial charge on any atom is -0.392 e. The minimum absolute atomic E-state index is 0.00247. The highest BCUT2D eigenvalue weighted by Gasteiger charge is 1.97. The summed E-state index contributed by atoms with van der Waals surface area (Å²) in [5.74, 6) is 0.145. The highest BCUT2D eigenvalue weighted by Crippen LogP contribution is 2.05. The number of rotatable bonds is 3. The molecule has 0 spiro atoms. The van der Waals surface area contributed by atoms with Gasteiger partial charge in [0.15, 0.2) is 11.1 Å². The molecule has 1 atom stereocenters. The summed E-state index contributed by atoms with van der Waals surface area (Å²) in [6.07, 6.45) is 0. The van der Waals surface area contributed by atoms with Crippen LogP contribution in [0.5, 0.6) is 0 Å². The van der Waals surface area contributed by atoms with Crippen LogP contribution < -0.4 is 0 Å². The number of aliphatic hydroxyl groups excluding tert-OH is 1. The summed E-state index contributed by atoms with van der Waals surface area (Å²) in [5.41, 5.74) is 1.61. The largest absolute Gasteiger partial charge is 0.392 e. The first-order chi connectivity index (χ1) is 5.72. The second-order valence-electron chi connectivity index (χ2n) is 2.44. The standard InChI is InChI=1S/C8H10O3S/c9-5-7-1-3-8(4-2-7)6-12(10)11/h1-4,9H,5-6H2,(H,10,11). The van der Waals surface area contributed by atoms with Crippen LogP contribution in [0.15, 0.2) is 24.3 Å². The van der Waals surface area contributed by atoms with Gasteiger partial charge in [0.1, 0.15) is 0 Å². The van der Waals surface area contributed by atoms with Crippen molar-refractivity contribution in [2.24, 2.45) is 0 Å². The van der Waals surface area contributed by atoms with Gasteiger partial charge in [0.25, 0.3) is 0 Å². The molecule has 0 fully saturated rings. The van der Waals surface area contributed by atoms with Gasteiger partial charge in [-0.2, -0.15) is 0 Å². The van der Waals surface area contributed by atoms with Crippen molar-refractivity contribution in [1.29, 1.82) is 0 Å². The van der Waals surface area contributed by atoms with Crippen molar-refractivity contribution in [3.05, 3.63) is 35.4 Å². The molecule has 0 bridgehead atoms. The second kappa shape index (κ2) is 4.35. The highest BCUT2D eigenvalue weighted by atomic mass is 32.2. The van der Waals surface area contributed by atoms with Crippen LogP contribution in [0.25, 0.3) is 0 Å². The molecule has 0 aromatic heterocycles. The van der Waals surface area contributed by atoms with E-state index in [1.165, 1.54) is 0 Å². The summed E-state index contributed by atoms with van der Waals surface area (Å²) in [4.78, 5) is 0. The number of hydrogen-bond acceptors (Lipinski definition) is 2. The minimum atomic E-state index is -1.79. The van der Waals surface area contributed by atoms with Crippen LogP contribution >= 0.6 is 0 Å². The summed E-state index contributed by atoms with van der Waals surface area (Å²) < 4.78 is 18.9. The Morgan fingerprint density at radius 1 is 1.17 bits per heavy atom. The molecule has 0 saturated carbocycles. The van der Waals surface area contributed by atoms with E-state index in [9.17, 15) is 4.21 Å². The first kappa shape index (κ1) is 9.38. The molecule has 4 heteroatoms. The monoisotopic (exact) mass is 186 g/mol. The molecular weight excluding hydrogens is 176 g/mol. The third-order valence-corrected chi connectivity index (χ3v) is 2.08. The molecule has 0 aliphatic heterocycles. The van der Waals surface area contributed by atoms with Gasteiger partial charge in [-0.05, 0) is 11.1 Å². The predicted molar refractivity (Wildman–Crippen MR) is 46.8 cm³/mol. The molecule has 1 aromatic carbocycles. The molecule has 0 aliphatic carbocycles. The van der Waals surface area contributed by atoms with Crippen molar-refractivity contribution < 1.29 is 13.9 Å². The van der Waals surface area contributed by atoms with Crippen molar-refractivity contribution in [3.63, 3.8) is 0 Å². The molecule has 1 aromatic rings. The van der Waals surface area contributed by atoms with Crippen molar-refractivity contribution >= 4 is 11.1 Å². The summed E-state index contributed by atoms with van der Waals surface area (Å²) >= 11 is -1.79. The lowest BCUT2D eigenvalue weighted by Gasteiger charge is -1.98. The topological polar surface area (TPSA) is 57.5 Å². The third kappa shape index (κ3) is 2.73. The van der Waals surface area contributed by atoms with Gasteiger partial charge in [0.2, 0.25) is 0 Å². The van der Waals surface area contributed by atoms with Crippen LogP contribution in [0.1, 0.15) is 11.1 Å². The lowest BCUT2D eigenvalue weighted by Crippen LogP contribution is -1.93. The molecule has 0 amide bonds. The normalized spacial score (nSPS) is 12.8. The molecule has 0 radical (unpaired) electrons. The van der Waals surface area contributed by atoms with E-state index in [0.717, 1.165) is 11.1 Å². The zero-order valence-electron chi connectivity index (χ0n) is 6.43.